The molecule has 0 radical (unpaired) electrons. The van der Waals surface area contributed by atoms with Gasteiger partial charge in [0.25, 0.3) is 0 Å². The molecule has 3 N–H and O–H groups in total. The molecule has 1 aromatic carbocycles. The molecule has 0 fully saturated rings. The van der Waals surface area contributed by atoms with E-state index < -0.39 is 10.0 Å². The molecule has 0 bridgehead atoms. The number of carbonyl (C=O) groups excluding carboxylic acids is 1. The number of aromatic nitrogens is 3. The normalized spacial score (nSPS) is 11.0. The van der Waals surface area contributed by atoms with E-state index in [0.29, 0.717) is 28.1 Å². The number of carbonyl (C=O) groups is 1. The molecule has 0 aliphatic heterocycles. The van der Waals surface area contributed by atoms with Crippen LogP contribution in [-0.4, -0.2) is 35.5 Å². The highest BCUT2D eigenvalue weighted by Gasteiger charge is 2.10. The average molecular weight is 404 g/mol. The summed E-state index contributed by atoms with van der Waals surface area (Å²) >= 11 is 1.34. The number of thiazole rings is 1. The van der Waals surface area contributed by atoms with E-state index in [1.165, 1.54) is 11.3 Å². The second kappa shape index (κ2) is 8.10. The highest BCUT2D eigenvalue weighted by molar-refractivity contribution is 7.92. The van der Waals surface area contributed by atoms with Crippen molar-refractivity contribution in [3.8, 4) is 0 Å². The zero-order chi connectivity index (χ0) is 19.3. The zero-order valence-corrected chi connectivity index (χ0v) is 15.8. The van der Waals surface area contributed by atoms with Gasteiger partial charge in [0.15, 0.2) is 5.13 Å². The van der Waals surface area contributed by atoms with Gasteiger partial charge in [0.1, 0.15) is 0 Å². The van der Waals surface area contributed by atoms with Gasteiger partial charge in [-0.3, -0.25) is 9.52 Å². The summed E-state index contributed by atoms with van der Waals surface area (Å²) in [6, 6.07) is 8.17. The number of amides is 1. The predicted octanol–water partition coefficient (Wildman–Crippen LogP) is 2.23. The van der Waals surface area contributed by atoms with Crippen molar-refractivity contribution in [2.24, 2.45) is 0 Å². The lowest BCUT2D eigenvalue weighted by Gasteiger charge is -2.08. The van der Waals surface area contributed by atoms with E-state index in [-0.39, 0.29) is 12.3 Å². The fourth-order valence-corrected chi connectivity index (χ4v) is 3.41. The van der Waals surface area contributed by atoms with Gasteiger partial charge in [-0.05, 0) is 24.3 Å². The summed E-state index contributed by atoms with van der Waals surface area (Å²) in [6.45, 7) is 0. The van der Waals surface area contributed by atoms with Crippen LogP contribution in [0.3, 0.4) is 0 Å². The maximum absolute atomic E-state index is 12.2. The van der Waals surface area contributed by atoms with E-state index >= 15 is 0 Å². The van der Waals surface area contributed by atoms with Crippen LogP contribution in [0.4, 0.5) is 22.5 Å². The second-order valence-corrected chi connectivity index (χ2v) is 8.13. The molecule has 2 heterocycles. The van der Waals surface area contributed by atoms with Gasteiger partial charge < -0.3 is 10.6 Å². The summed E-state index contributed by atoms with van der Waals surface area (Å²) in [4.78, 5) is 24.6. The number of nitrogens with zero attached hydrogens (tertiary/aromatic N) is 3. The number of rotatable bonds is 7. The van der Waals surface area contributed by atoms with E-state index in [9.17, 15) is 13.2 Å². The molecule has 11 heteroatoms. The number of anilines is 4. The zero-order valence-electron chi connectivity index (χ0n) is 14.2. The summed E-state index contributed by atoms with van der Waals surface area (Å²) in [7, 11) is -3.38. The molecule has 27 heavy (non-hydrogen) atoms. The van der Waals surface area contributed by atoms with Crippen molar-refractivity contribution in [1.82, 2.24) is 15.0 Å². The highest BCUT2D eigenvalue weighted by Crippen LogP contribution is 2.20. The summed E-state index contributed by atoms with van der Waals surface area (Å²) in [6.07, 6.45) is 4.37. The van der Waals surface area contributed by atoms with Crippen LogP contribution in [0.15, 0.2) is 48.1 Å². The molecule has 9 nitrogen and oxygen atoms in total. The maximum atomic E-state index is 12.2. The minimum absolute atomic E-state index is 0.0809. The third-order valence-corrected chi connectivity index (χ3v) is 4.54. The number of benzene rings is 1. The summed E-state index contributed by atoms with van der Waals surface area (Å²) in [5, 5.41) is 8.04. The third kappa shape index (κ3) is 6.01. The molecule has 0 aliphatic rings. The van der Waals surface area contributed by atoms with Crippen LogP contribution in [-0.2, 0) is 21.2 Å². The smallest absolute Gasteiger partial charge is 0.230 e. The molecule has 0 spiro atoms. The molecule has 3 rings (SSSR count). The van der Waals surface area contributed by atoms with E-state index in [0.717, 1.165) is 6.26 Å². The first-order chi connectivity index (χ1) is 12.9. The Morgan fingerprint density at radius 1 is 1.15 bits per heavy atom. The Bertz CT molecular complexity index is 1040. The Hall–Kier alpha value is -3.05. The van der Waals surface area contributed by atoms with Gasteiger partial charge in [-0.25, -0.2) is 23.4 Å². The number of hydrogen-bond acceptors (Lipinski definition) is 8. The fourth-order valence-electron chi connectivity index (χ4n) is 2.15. The van der Waals surface area contributed by atoms with Crippen LogP contribution in [0.2, 0.25) is 0 Å². The van der Waals surface area contributed by atoms with Crippen LogP contribution in [0.1, 0.15) is 5.69 Å². The highest BCUT2D eigenvalue weighted by atomic mass is 32.2. The molecule has 0 saturated carbocycles. The maximum Gasteiger partial charge on any atom is 0.230 e. The van der Waals surface area contributed by atoms with Crippen LogP contribution < -0.4 is 15.4 Å². The average Bonchev–Trinajstić information content (AvgIpc) is 3.01. The first-order valence-electron chi connectivity index (χ1n) is 7.73. The van der Waals surface area contributed by atoms with Crippen molar-refractivity contribution >= 4 is 49.7 Å². The molecule has 0 unspecified atom stereocenters. The van der Waals surface area contributed by atoms with E-state index in [2.05, 4.69) is 30.3 Å². The topological polar surface area (TPSA) is 126 Å². The largest absolute Gasteiger partial charge is 0.326 e. The van der Waals surface area contributed by atoms with E-state index in [4.69, 9.17) is 0 Å². The van der Waals surface area contributed by atoms with Gasteiger partial charge >= 0.3 is 0 Å². The standard InChI is InChI=1S/C16H16N6O3S2/c1-27(24,25)22-12-5-2-4-11(8-12)19-14(23)9-13-10-26-16(20-13)21-15-17-6-3-7-18-15/h2-8,10,22H,9H2,1H3,(H,19,23)(H,17,18,20,21). The van der Waals surface area contributed by atoms with Gasteiger partial charge in [-0.15, -0.1) is 11.3 Å². The van der Waals surface area contributed by atoms with Crippen molar-refractivity contribution in [2.45, 2.75) is 6.42 Å². The summed E-state index contributed by atoms with van der Waals surface area (Å²) in [5.74, 6) is 0.164. The number of sulfonamides is 1. The molecular weight excluding hydrogens is 388 g/mol. The molecule has 140 valence electrons. The Kier molecular flexibility index (Phi) is 5.62. The second-order valence-electron chi connectivity index (χ2n) is 5.52. The lowest BCUT2D eigenvalue weighted by molar-refractivity contribution is -0.115. The lowest BCUT2D eigenvalue weighted by Crippen LogP contribution is -2.15. The van der Waals surface area contributed by atoms with Crippen molar-refractivity contribution in [1.29, 1.82) is 0 Å². The Morgan fingerprint density at radius 3 is 2.63 bits per heavy atom. The molecule has 1 amide bonds. The van der Waals surface area contributed by atoms with Crippen molar-refractivity contribution in [2.75, 3.05) is 21.6 Å². The Morgan fingerprint density at radius 2 is 1.89 bits per heavy atom. The predicted molar refractivity (Wildman–Crippen MR) is 105 cm³/mol. The molecule has 3 aromatic rings. The summed E-state index contributed by atoms with van der Waals surface area (Å²) < 4.78 is 24.9. The molecular formula is C16H16N6O3S2. The monoisotopic (exact) mass is 404 g/mol. The quantitative estimate of drug-likeness (QED) is 0.551. The molecule has 0 saturated heterocycles. The van der Waals surface area contributed by atoms with Gasteiger partial charge in [0.05, 0.1) is 24.1 Å². The van der Waals surface area contributed by atoms with Crippen LogP contribution >= 0.6 is 11.3 Å². The van der Waals surface area contributed by atoms with Crippen LogP contribution in [0, 0.1) is 0 Å². The molecule has 2 aromatic heterocycles. The Labute approximate surface area is 160 Å². The molecule has 0 aliphatic carbocycles. The van der Waals surface area contributed by atoms with E-state index in [1.807, 2.05) is 0 Å². The molecule has 0 atom stereocenters. The minimum atomic E-state index is -3.38. The fraction of sp³-hybridized carbons (Fsp3) is 0.125. The first-order valence-corrected chi connectivity index (χ1v) is 10.5. The SMILES string of the molecule is CS(=O)(=O)Nc1cccc(NC(=O)Cc2csc(Nc3ncccn3)n2)c1. The van der Waals surface area contributed by atoms with Gasteiger partial charge in [-0.1, -0.05) is 6.07 Å². The van der Waals surface area contributed by atoms with Crippen LogP contribution in [0.25, 0.3) is 0 Å². The number of nitrogens with one attached hydrogen (secondary N) is 3. The van der Waals surface area contributed by atoms with Gasteiger partial charge in [0, 0.05) is 23.5 Å². The minimum Gasteiger partial charge on any atom is -0.326 e. The van der Waals surface area contributed by atoms with Crippen LogP contribution in [0.5, 0.6) is 0 Å². The van der Waals surface area contributed by atoms with Gasteiger partial charge in [0.2, 0.25) is 21.9 Å². The van der Waals surface area contributed by atoms with E-state index in [1.54, 1.807) is 48.1 Å². The van der Waals surface area contributed by atoms with Crippen molar-refractivity contribution in [3.63, 3.8) is 0 Å². The first kappa shape index (κ1) is 18.7. The lowest BCUT2D eigenvalue weighted by atomic mass is 10.2. The third-order valence-electron chi connectivity index (χ3n) is 3.13. The number of hydrogen-bond donors (Lipinski definition) is 3. The van der Waals surface area contributed by atoms with Crippen molar-refractivity contribution in [3.05, 3.63) is 53.8 Å². The summed E-state index contributed by atoms with van der Waals surface area (Å²) in [5.41, 5.74) is 1.46. The van der Waals surface area contributed by atoms with Gasteiger partial charge in [-0.2, -0.15) is 0 Å². The Balaban J connectivity index is 1.59. The van der Waals surface area contributed by atoms with Crippen molar-refractivity contribution < 1.29 is 13.2 Å².